The molecule has 0 saturated heterocycles. The molecule has 0 aliphatic heterocycles. The van der Waals surface area contributed by atoms with Crippen LogP contribution in [0.1, 0.15) is 32.9 Å². The van der Waals surface area contributed by atoms with E-state index in [0.717, 1.165) is 39.2 Å². The zero-order chi connectivity index (χ0) is 21.3. The molecule has 4 rings (SSSR count). The lowest BCUT2D eigenvalue weighted by atomic mass is 10.1. The molecule has 1 N–H and O–H groups in total. The highest BCUT2D eigenvalue weighted by molar-refractivity contribution is 6.02. The molecule has 1 heterocycles. The largest absolute Gasteiger partial charge is 0.319 e. The van der Waals surface area contributed by atoms with Crippen LogP contribution in [0.3, 0.4) is 0 Å². The van der Waals surface area contributed by atoms with Gasteiger partial charge in [-0.25, -0.2) is 9.67 Å². The van der Waals surface area contributed by atoms with E-state index in [1.165, 1.54) is 0 Å². The molecule has 30 heavy (non-hydrogen) atoms. The minimum absolute atomic E-state index is 0.133. The summed E-state index contributed by atoms with van der Waals surface area (Å²) < 4.78 is 1.75. The Morgan fingerprint density at radius 3 is 2.23 bits per heavy atom. The molecule has 1 aromatic heterocycles. The van der Waals surface area contributed by atoms with E-state index in [-0.39, 0.29) is 11.7 Å². The number of aryl methyl sites for hydroxylation is 4. The van der Waals surface area contributed by atoms with Gasteiger partial charge in [0.25, 0.3) is 5.91 Å². The predicted molar refractivity (Wildman–Crippen MR) is 120 cm³/mol. The number of aromatic nitrogens is 3. The number of rotatable bonds is 4. The van der Waals surface area contributed by atoms with Gasteiger partial charge in [-0.05, 0) is 51.0 Å². The fourth-order valence-electron chi connectivity index (χ4n) is 3.40. The maximum Gasteiger partial charge on any atom is 0.295 e. The molecule has 5 heteroatoms. The molecule has 3 aromatic carbocycles. The van der Waals surface area contributed by atoms with E-state index in [1.807, 2.05) is 94.4 Å². The molecule has 0 aliphatic carbocycles. The Kier molecular flexibility index (Phi) is 5.19. The highest BCUT2D eigenvalue weighted by Crippen LogP contribution is 2.24. The Morgan fingerprint density at radius 2 is 1.53 bits per heavy atom. The molecule has 150 valence electrons. The lowest BCUT2D eigenvalue weighted by molar-refractivity contribution is 0.101. The van der Waals surface area contributed by atoms with Gasteiger partial charge in [-0.3, -0.25) is 4.79 Å². The highest BCUT2D eigenvalue weighted by Gasteiger charge is 2.20. The summed E-state index contributed by atoms with van der Waals surface area (Å²) in [6, 6.07) is 21.9. The van der Waals surface area contributed by atoms with Gasteiger partial charge in [0.05, 0.1) is 5.69 Å². The number of carbonyl (C=O) groups excluding carboxylic acids is 1. The van der Waals surface area contributed by atoms with Gasteiger partial charge >= 0.3 is 0 Å². The molecule has 0 fully saturated rings. The molecular weight excluding hydrogens is 372 g/mol. The predicted octanol–water partition coefficient (Wildman–Crippen LogP) is 5.42. The van der Waals surface area contributed by atoms with Crippen molar-refractivity contribution in [3.05, 3.63) is 94.8 Å². The molecule has 0 aliphatic rings. The Labute approximate surface area is 176 Å². The third-order valence-electron chi connectivity index (χ3n) is 5.09. The van der Waals surface area contributed by atoms with Crippen molar-refractivity contribution in [3.63, 3.8) is 0 Å². The molecule has 0 bridgehead atoms. The van der Waals surface area contributed by atoms with E-state index in [1.54, 1.807) is 4.68 Å². The van der Waals surface area contributed by atoms with Crippen LogP contribution in [0.5, 0.6) is 0 Å². The van der Waals surface area contributed by atoms with Crippen LogP contribution in [0.4, 0.5) is 5.69 Å². The number of nitrogens with zero attached hydrogens (tertiary/aromatic N) is 3. The summed E-state index contributed by atoms with van der Waals surface area (Å²) in [7, 11) is 0. The van der Waals surface area contributed by atoms with Crippen molar-refractivity contribution in [1.82, 2.24) is 14.8 Å². The zero-order valence-corrected chi connectivity index (χ0v) is 17.6. The van der Waals surface area contributed by atoms with Gasteiger partial charge < -0.3 is 5.32 Å². The molecule has 1 amide bonds. The lowest BCUT2D eigenvalue weighted by Crippen LogP contribution is -2.15. The Morgan fingerprint density at radius 1 is 0.833 bits per heavy atom. The van der Waals surface area contributed by atoms with Crippen molar-refractivity contribution in [2.24, 2.45) is 0 Å². The number of benzene rings is 3. The van der Waals surface area contributed by atoms with Crippen molar-refractivity contribution in [2.45, 2.75) is 27.7 Å². The van der Waals surface area contributed by atoms with Crippen molar-refractivity contribution < 1.29 is 4.79 Å². The van der Waals surface area contributed by atoms with E-state index in [2.05, 4.69) is 15.4 Å². The smallest absolute Gasteiger partial charge is 0.295 e. The van der Waals surface area contributed by atoms with Crippen LogP contribution in [0, 0.1) is 27.7 Å². The average molecular weight is 396 g/mol. The Bertz CT molecular complexity index is 1220. The highest BCUT2D eigenvalue weighted by atomic mass is 16.2. The normalized spacial score (nSPS) is 10.8. The van der Waals surface area contributed by atoms with Crippen LogP contribution in [0.2, 0.25) is 0 Å². The maximum atomic E-state index is 13.0. The lowest BCUT2D eigenvalue weighted by Gasteiger charge is -2.09. The molecule has 0 unspecified atom stereocenters. The minimum atomic E-state index is -0.331. The molecule has 0 saturated carbocycles. The van der Waals surface area contributed by atoms with Crippen LogP contribution < -0.4 is 5.32 Å². The van der Waals surface area contributed by atoms with Crippen LogP contribution in [0.15, 0.2) is 66.7 Å². The van der Waals surface area contributed by atoms with Crippen molar-refractivity contribution in [3.8, 4) is 17.1 Å². The summed E-state index contributed by atoms with van der Waals surface area (Å²) in [6.07, 6.45) is 0. The van der Waals surface area contributed by atoms with Gasteiger partial charge in [0.1, 0.15) is 0 Å². The third-order valence-corrected chi connectivity index (χ3v) is 5.09. The molecule has 0 radical (unpaired) electrons. The molecule has 4 aromatic rings. The first kappa shape index (κ1) is 19.6. The first-order valence-electron chi connectivity index (χ1n) is 9.91. The van der Waals surface area contributed by atoms with Gasteiger partial charge in [-0.2, -0.15) is 0 Å². The Balaban J connectivity index is 1.77. The second-order valence-corrected chi connectivity index (χ2v) is 7.60. The average Bonchev–Trinajstić information content (AvgIpc) is 3.16. The topological polar surface area (TPSA) is 59.8 Å². The summed E-state index contributed by atoms with van der Waals surface area (Å²) >= 11 is 0. The van der Waals surface area contributed by atoms with Gasteiger partial charge in [-0.15, -0.1) is 5.10 Å². The fraction of sp³-hybridized carbons (Fsp3) is 0.160. The molecule has 0 atom stereocenters. The van der Waals surface area contributed by atoms with Crippen LogP contribution >= 0.6 is 0 Å². The van der Waals surface area contributed by atoms with E-state index in [4.69, 9.17) is 0 Å². The molecule has 5 nitrogen and oxygen atoms in total. The van der Waals surface area contributed by atoms with Crippen LogP contribution in [-0.2, 0) is 0 Å². The van der Waals surface area contributed by atoms with E-state index in [9.17, 15) is 4.79 Å². The Hall–Kier alpha value is -3.73. The van der Waals surface area contributed by atoms with Gasteiger partial charge in [0.2, 0.25) is 5.82 Å². The van der Waals surface area contributed by atoms with Crippen LogP contribution in [-0.4, -0.2) is 20.7 Å². The summed E-state index contributed by atoms with van der Waals surface area (Å²) in [5.41, 5.74) is 6.92. The van der Waals surface area contributed by atoms with E-state index < -0.39 is 0 Å². The fourth-order valence-corrected chi connectivity index (χ4v) is 3.40. The van der Waals surface area contributed by atoms with Crippen LogP contribution in [0.25, 0.3) is 17.1 Å². The minimum Gasteiger partial charge on any atom is -0.319 e. The SMILES string of the molecule is Cc1ccc(-c2nc(C(=O)Nc3ccc(C)cc3C)nn2-c2ccccc2C)cc1. The van der Waals surface area contributed by atoms with E-state index in [0.29, 0.717) is 5.82 Å². The van der Waals surface area contributed by atoms with Crippen molar-refractivity contribution in [1.29, 1.82) is 0 Å². The number of amides is 1. The monoisotopic (exact) mass is 396 g/mol. The maximum absolute atomic E-state index is 13.0. The number of nitrogens with one attached hydrogen (secondary N) is 1. The van der Waals surface area contributed by atoms with Gasteiger partial charge in [-0.1, -0.05) is 65.7 Å². The van der Waals surface area contributed by atoms with Crippen molar-refractivity contribution in [2.75, 3.05) is 5.32 Å². The second-order valence-electron chi connectivity index (χ2n) is 7.60. The number of carbonyl (C=O) groups is 1. The summed E-state index contributed by atoms with van der Waals surface area (Å²) in [4.78, 5) is 17.6. The summed E-state index contributed by atoms with van der Waals surface area (Å²) in [6.45, 7) is 8.06. The second kappa shape index (κ2) is 7.95. The summed E-state index contributed by atoms with van der Waals surface area (Å²) in [5, 5.41) is 7.52. The zero-order valence-electron chi connectivity index (χ0n) is 17.6. The van der Waals surface area contributed by atoms with Gasteiger partial charge in [0, 0.05) is 11.3 Å². The molecular formula is C25H24N4O. The van der Waals surface area contributed by atoms with Crippen molar-refractivity contribution >= 4 is 11.6 Å². The third kappa shape index (κ3) is 3.87. The summed E-state index contributed by atoms with van der Waals surface area (Å²) in [5.74, 6) is 0.437. The number of hydrogen-bond donors (Lipinski definition) is 1. The first-order chi connectivity index (χ1) is 14.4. The quantitative estimate of drug-likeness (QED) is 0.501. The number of anilines is 1. The number of para-hydroxylation sites is 1. The standard InChI is InChI=1S/C25H24N4O/c1-16-9-12-20(13-10-16)24-27-23(28-29(24)22-8-6-5-7-18(22)3)25(30)26-21-14-11-17(2)15-19(21)4/h5-15H,1-4H3,(H,26,30). The van der Waals surface area contributed by atoms with Gasteiger partial charge in [0.15, 0.2) is 5.82 Å². The first-order valence-corrected chi connectivity index (χ1v) is 9.91. The molecule has 0 spiro atoms. The number of hydrogen-bond acceptors (Lipinski definition) is 3. The van der Waals surface area contributed by atoms with E-state index >= 15 is 0 Å².